The summed E-state index contributed by atoms with van der Waals surface area (Å²) in [6.07, 6.45) is 3.15. The van der Waals surface area contributed by atoms with E-state index in [1.807, 2.05) is 0 Å². The molecule has 23 heavy (non-hydrogen) atoms. The normalized spacial score (nSPS) is 17.9. The van der Waals surface area contributed by atoms with Crippen LogP contribution in [0.15, 0.2) is 30.3 Å². The molecule has 0 aromatic heterocycles. The average molecular weight is 318 g/mol. The number of carbonyl (C=O) groups excluding carboxylic acids is 1. The van der Waals surface area contributed by atoms with Gasteiger partial charge in [0.1, 0.15) is 0 Å². The first-order chi connectivity index (χ1) is 11.1. The molecular weight excluding hydrogens is 288 g/mol. The molecule has 1 aromatic rings. The summed E-state index contributed by atoms with van der Waals surface area (Å²) < 4.78 is 0. The average Bonchev–Trinajstić information content (AvgIpc) is 2.57. The highest BCUT2D eigenvalue weighted by atomic mass is 16.2. The summed E-state index contributed by atoms with van der Waals surface area (Å²) in [4.78, 5) is 16.3. The maximum atomic E-state index is 11.5. The molecule has 0 aliphatic carbocycles. The number of nitrogens with zero attached hydrogens (tertiary/aromatic N) is 2. The number of hydrogen-bond acceptors (Lipinski definition) is 3. The molecule has 1 saturated heterocycles. The Morgan fingerprint density at radius 3 is 2.48 bits per heavy atom. The number of piperidine rings is 1. The number of rotatable bonds is 6. The fourth-order valence-corrected chi connectivity index (χ4v) is 3.23. The predicted molar refractivity (Wildman–Crippen MR) is 94.5 cm³/mol. The molecule has 2 amide bonds. The molecule has 0 radical (unpaired) electrons. The highest BCUT2D eigenvalue weighted by Crippen LogP contribution is 2.27. The van der Waals surface area contributed by atoms with Crippen LogP contribution in [0.3, 0.4) is 0 Å². The molecule has 1 unspecified atom stereocenters. The van der Waals surface area contributed by atoms with E-state index in [9.17, 15) is 4.79 Å². The minimum Gasteiger partial charge on any atom is -0.341 e. The van der Waals surface area contributed by atoms with E-state index in [-0.39, 0.29) is 12.1 Å². The molecule has 0 spiro atoms. The Kier molecular flexibility index (Phi) is 6.86. The second-order valence-corrected chi connectivity index (χ2v) is 6.55. The summed E-state index contributed by atoms with van der Waals surface area (Å²) in [7, 11) is 5.92. The fraction of sp³-hybridized carbons (Fsp3) is 0.611. The van der Waals surface area contributed by atoms with Gasteiger partial charge in [0.15, 0.2) is 0 Å². The first kappa shape index (κ1) is 17.8. The molecule has 1 aliphatic heterocycles. The highest BCUT2D eigenvalue weighted by molar-refractivity contribution is 5.73. The van der Waals surface area contributed by atoms with E-state index in [0.717, 1.165) is 38.9 Å². The first-order valence-corrected chi connectivity index (χ1v) is 8.52. The Balaban J connectivity index is 1.96. The van der Waals surface area contributed by atoms with Crippen molar-refractivity contribution < 1.29 is 4.79 Å². The number of urea groups is 1. The molecule has 0 bridgehead atoms. The standard InChI is InChI=1S/C18H30N4O/c1-19-18(23)20-16-9-13-22(14-10-16)17(11-12-21(2)3)15-7-5-4-6-8-15/h4-8,16-17H,9-14H2,1-3H3,(H2,19,20,23). The van der Waals surface area contributed by atoms with Crippen LogP contribution in [-0.4, -0.2) is 62.7 Å². The lowest BCUT2D eigenvalue weighted by atomic mass is 9.97. The van der Waals surface area contributed by atoms with Crippen molar-refractivity contribution >= 4 is 6.03 Å². The van der Waals surface area contributed by atoms with Crippen molar-refractivity contribution in [1.82, 2.24) is 20.4 Å². The van der Waals surface area contributed by atoms with Gasteiger partial charge in [-0.25, -0.2) is 4.79 Å². The zero-order valence-electron chi connectivity index (χ0n) is 14.6. The van der Waals surface area contributed by atoms with Gasteiger partial charge in [-0.05, 0) is 45.5 Å². The molecule has 2 rings (SSSR count). The van der Waals surface area contributed by atoms with Gasteiger partial charge in [-0.3, -0.25) is 4.90 Å². The summed E-state index contributed by atoms with van der Waals surface area (Å²) in [5.41, 5.74) is 1.40. The second kappa shape index (κ2) is 8.89. The van der Waals surface area contributed by atoms with Crippen molar-refractivity contribution in [2.75, 3.05) is 40.8 Å². The summed E-state index contributed by atoms with van der Waals surface area (Å²) >= 11 is 0. The lowest BCUT2D eigenvalue weighted by Gasteiger charge is -2.38. The molecule has 5 heteroatoms. The lowest BCUT2D eigenvalue weighted by molar-refractivity contribution is 0.131. The summed E-state index contributed by atoms with van der Waals surface area (Å²) in [6.45, 7) is 3.14. The number of nitrogens with one attached hydrogen (secondary N) is 2. The van der Waals surface area contributed by atoms with Gasteiger partial charge in [0, 0.05) is 32.2 Å². The van der Waals surface area contributed by atoms with Gasteiger partial charge >= 0.3 is 6.03 Å². The van der Waals surface area contributed by atoms with Crippen molar-refractivity contribution in [1.29, 1.82) is 0 Å². The van der Waals surface area contributed by atoms with Gasteiger partial charge in [0.2, 0.25) is 0 Å². The Labute approximate surface area is 140 Å². The van der Waals surface area contributed by atoms with E-state index in [2.05, 4.69) is 64.9 Å². The van der Waals surface area contributed by atoms with E-state index < -0.39 is 0 Å². The maximum absolute atomic E-state index is 11.5. The molecule has 128 valence electrons. The summed E-state index contributed by atoms with van der Waals surface area (Å²) in [6, 6.07) is 11.5. The van der Waals surface area contributed by atoms with Gasteiger partial charge in [-0.1, -0.05) is 30.3 Å². The fourth-order valence-electron chi connectivity index (χ4n) is 3.23. The maximum Gasteiger partial charge on any atom is 0.314 e. The quantitative estimate of drug-likeness (QED) is 0.844. The van der Waals surface area contributed by atoms with E-state index in [1.165, 1.54) is 5.56 Å². The van der Waals surface area contributed by atoms with E-state index in [1.54, 1.807) is 7.05 Å². The number of amides is 2. The van der Waals surface area contributed by atoms with Crippen LogP contribution < -0.4 is 10.6 Å². The van der Waals surface area contributed by atoms with Crippen LogP contribution in [0.4, 0.5) is 4.79 Å². The van der Waals surface area contributed by atoms with Gasteiger partial charge in [0.25, 0.3) is 0 Å². The largest absolute Gasteiger partial charge is 0.341 e. The number of hydrogen-bond donors (Lipinski definition) is 2. The minimum absolute atomic E-state index is 0.0735. The SMILES string of the molecule is CNC(=O)NC1CCN(C(CCN(C)C)c2ccccc2)CC1. The predicted octanol–water partition coefficient (Wildman–Crippen LogP) is 2.07. The van der Waals surface area contributed by atoms with Crippen molar-refractivity contribution in [3.05, 3.63) is 35.9 Å². The van der Waals surface area contributed by atoms with Crippen LogP contribution in [0.2, 0.25) is 0 Å². The van der Waals surface area contributed by atoms with Crippen molar-refractivity contribution in [3.63, 3.8) is 0 Å². The zero-order valence-corrected chi connectivity index (χ0v) is 14.6. The Morgan fingerprint density at radius 2 is 1.91 bits per heavy atom. The van der Waals surface area contributed by atoms with Crippen molar-refractivity contribution in [3.8, 4) is 0 Å². The zero-order chi connectivity index (χ0) is 16.7. The third-order valence-corrected chi connectivity index (χ3v) is 4.57. The van der Waals surface area contributed by atoms with E-state index in [0.29, 0.717) is 6.04 Å². The summed E-state index contributed by atoms with van der Waals surface area (Å²) in [5.74, 6) is 0. The number of likely N-dealkylation sites (tertiary alicyclic amines) is 1. The molecule has 5 nitrogen and oxygen atoms in total. The molecule has 1 aliphatic rings. The Hall–Kier alpha value is -1.59. The van der Waals surface area contributed by atoms with Gasteiger partial charge in [-0.15, -0.1) is 0 Å². The highest BCUT2D eigenvalue weighted by Gasteiger charge is 2.26. The molecule has 1 heterocycles. The number of carbonyl (C=O) groups is 1. The lowest BCUT2D eigenvalue weighted by Crippen LogP contribution is -2.48. The van der Waals surface area contributed by atoms with Crippen LogP contribution in [0.1, 0.15) is 30.9 Å². The first-order valence-electron chi connectivity index (χ1n) is 8.52. The molecule has 1 atom stereocenters. The Bertz CT molecular complexity index is 469. The Morgan fingerprint density at radius 1 is 1.26 bits per heavy atom. The van der Waals surface area contributed by atoms with Crippen LogP contribution in [0.5, 0.6) is 0 Å². The topological polar surface area (TPSA) is 47.6 Å². The second-order valence-electron chi connectivity index (χ2n) is 6.55. The molecule has 1 fully saturated rings. The van der Waals surface area contributed by atoms with Crippen LogP contribution in [0.25, 0.3) is 0 Å². The molecule has 0 saturated carbocycles. The molecule has 1 aromatic carbocycles. The van der Waals surface area contributed by atoms with Crippen LogP contribution in [-0.2, 0) is 0 Å². The van der Waals surface area contributed by atoms with Gasteiger partial charge in [0.05, 0.1) is 0 Å². The van der Waals surface area contributed by atoms with Crippen molar-refractivity contribution in [2.24, 2.45) is 0 Å². The van der Waals surface area contributed by atoms with E-state index in [4.69, 9.17) is 0 Å². The minimum atomic E-state index is -0.0735. The third-order valence-electron chi connectivity index (χ3n) is 4.57. The summed E-state index contributed by atoms with van der Waals surface area (Å²) in [5, 5.41) is 5.67. The van der Waals surface area contributed by atoms with Gasteiger partial charge < -0.3 is 15.5 Å². The number of benzene rings is 1. The monoisotopic (exact) mass is 318 g/mol. The van der Waals surface area contributed by atoms with Crippen LogP contribution >= 0.6 is 0 Å². The third kappa shape index (κ3) is 5.52. The van der Waals surface area contributed by atoms with E-state index >= 15 is 0 Å². The molecule has 2 N–H and O–H groups in total. The smallest absolute Gasteiger partial charge is 0.314 e. The van der Waals surface area contributed by atoms with Crippen LogP contribution in [0, 0.1) is 0 Å². The van der Waals surface area contributed by atoms with Crippen molar-refractivity contribution in [2.45, 2.75) is 31.3 Å². The molecular formula is C18H30N4O. The van der Waals surface area contributed by atoms with Gasteiger partial charge in [-0.2, -0.15) is 0 Å².